The second-order valence-electron chi connectivity index (χ2n) is 4.09. The van der Waals surface area contributed by atoms with Crippen molar-refractivity contribution in [2.45, 2.75) is 6.92 Å². The SMILES string of the molecule is Cc1cc(=O)c(C(=O)Nc2ccc(C=O)cc2)c[nH]1. The number of carbonyl (C=O) groups is 2. The van der Waals surface area contributed by atoms with E-state index >= 15 is 0 Å². The molecule has 0 unspecified atom stereocenters. The molecule has 5 nitrogen and oxygen atoms in total. The molecule has 2 aromatic rings. The van der Waals surface area contributed by atoms with E-state index < -0.39 is 5.91 Å². The van der Waals surface area contributed by atoms with E-state index in [4.69, 9.17) is 0 Å². The summed E-state index contributed by atoms with van der Waals surface area (Å²) >= 11 is 0. The molecule has 0 spiro atoms. The number of pyridine rings is 1. The van der Waals surface area contributed by atoms with E-state index in [1.165, 1.54) is 12.3 Å². The van der Waals surface area contributed by atoms with Crippen LogP contribution in [0.3, 0.4) is 0 Å². The van der Waals surface area contributed by atoms with Crippen LogP contribution in [0.5, 0.6) is 0 Å². The van der Waals surface area contributed by atoms with Crippen molar-refractivity contribution in [1.29, 1.82) is 0 Å². The van der Waals surface area contributed by atoms with E-state index in [9.17, 15) is 14.4 Å². The van der Waals surface area contributed by atoms with Crippen molar-refractivity contribution in [3.63, 3.8) is 0 Å². The minimum absolute atomic E-state index is 0.0464. The molecule has 2 rings (SSSR count). The summed E-state index contributed by atoms with van der Waals surface area (Å²) in [6, 6.07) is 7.74. The molecule has 0 fully saturated rings. The highest BCUT2D eigenvalue weighted by Crippen LogP contribution is 2.09. The predicted molar refractivity (Wildman–Crippen MR) is 71.6 cm³/mol. The van der Waals surface area contributed by atoms with E-state index in [-0.39, 0.29) is 11.0 Å². The number of rotatable bonds is 3. The van der Waals surface area contributed by atoms with Gasteiger partial charge >= 0.3 is 0 Å². The lowest BCUT2D eigenvalue weighted by Gasteiger charge is -2.05. The van der Waals surface area contributed by atoms with Crippen LogP contribution in [-0.2, 0) is 0 Å². The first-order valence-corrected chi connectivity index (χ1v) is 5.66. The first-order valence-electron chi connectivity index (χ1n) is 5.66. The zero-order chi connectivity index (χ0) is 13.8. The Bertz CT molecular complexity index is 672. The summed E-state index contributed by atoms with van der Waals surface area (Å²) in [6.45, 7) is 1.74. The van der Waals surface area contributed by atoms with E-state index in [1.807, 2.05) is 0 Å². The lowest BCUT2D eigenvalue weighted by molar-refractivity contribution is 0.102. The molecular formula is C14H12N2O3. The molecule has 2 N–H and O–H groups in total. The summed E-state index contributed by atoms with van der Waals surface area (Å²) in [7, 11) is 0. The zero-order valence-corrected chi connectivity index (χ0v) is 10.3. The van der Waals surface area contributed by atoms with Gasteiger partial charge in [0.2, 0.25) is 0 Å². The van der Waals surface area contributed by atoms with Gasteiger partial charge in [-0.25, -0.2) is 0 Å². The van der Waals surface area contributed by atoms with Gasteiger partial charge in [-0.1, -0.05) is 0 Å². The lowest BCUT2D eigenvalue weighted by atomic mass is 10.2. The number of benzene rings is 1. The van der Waals surface area contributed by atoms with Crippen LogP contribution in [0.15, 0.2) is 41.3 Å². The highest BCUT2D eigenvalue weighted by Gasteiger charge is 2.10. The maximum Gasteiger partial charge on any atom is 0.261 e. The first-order chi connectivity index (χ1) is 9.10. The summed E-state index contributed by atoms with van der Waals surface area (Å²) in [5.74, 6) is -0.486. The number of hydrogen-bond donors (Lipinski definition) is 2. The van der Waals surface area contributed by atoms with Crippen LogP contribution in [-0.4, -0.2) is 17.2 Å². The monoisotopic (exact) mass is 256 g/mol. The molecular weight excluding hydrogens is 244 g/mol. The quantitative estimate of drug-likeness (QED) is 0.821. The molecule has 5 heteroatoms. The molecule has 0 aliphatic heterocycles. The Hall–Kier alpha value is -2.69. The van der Waals surface area contributed by atoms with Crippen LogP contribution in [0.25, 0.3) is 0 Å². The number of aryl methyl sites for hydroxylation is 1. The molecule has 0 saturated carbocycles. The minimum Gasteiger partial charge on any atom is -0.364 e. The van der Waals surface area contributed by atoms with Gasteiger partial charge in [-0.3, -0.25) is 14.4 Å². The molecule has 0 bridgehead atoms. The molecule has 1 amide bonds. The molecule has 1 aromatic carbocycles. The number of aromatic nitrogens is 1. The molecule has 0 radical (unpaired) electrons. The van der Waals surface area contributed by atoms with Crippen molar-refractivity contribution in [2.24, 2.45) is 0 Å². The van der Waals surface area contributed by atoms with Crippen molar-refractivity contribution in [1.82, 2.24) is 4.98 Å². The van der Waals surface area contributed by atoms with Crippen molar-refractivity contribution in [3.05, 3.63) is 63.6 Å². The Balaban J connectivity index is 2.20. The van der Waals surface area contributed by atoms with Gasteiger partial charge < -0.3 is 10.3 Å². The molecule has 0 atom stereocenters. The molecule has 0 aliphatic carbocycles. The number of carbonyl (C=O) groups excluding carboxylic acids is 2. The van der Waals surface area contributed by atoms with Crippen LogP contribution in [0, 0.1) is 6.92 Å². The topological polar surface area (TPSA) is 79.0 Å². The fourth-order valence-corrected chi connectivity index (χ4v) is 1.59. The smallest absolute Gasteiger partial charge is 0.261 e. The summed E-state index contributed by atoms with van der Waals surface area (Å²) in [5, 5.41) is 2.59. The molecule has 0 saturated heterocycles. The third kappa shape index (κ3) is 2.95. The van der Waals surface area contributed by atoms with Gasteiger partial charge in [0.25, 0.3) is 5.91 Å². The Morgan fingerprint density at radius 1 is 1.26 bits per heavy atom. The zero-order valence-electron chi connectivity index (χ0n) is 10.3. The lowest BCUT2D eigenvalue weighted by Crippen LogP contribution is -2.21. The first kappa shape index (κ1) is 12.8. The average Bonchev–Trinajstić information content (AvgIpc) is 2.39. The van der Waals surface area contributed by atoms with Crippen LogP contribution in [0.1, 0.15) is 26.4 Å². The number of nitrogens with one attached hydrogen (secondary N) is 2. The fraction of sp³-hybridized carbons (Fsp3) is 0.0714. The van der Waals surface area contributed by atoms with Crippen molar-refractivity contribution in [2.75, 3.05) is 5.32 Å². The Labute approximate surface area is 109 Å². The van der Waals surface area contributed by atoms with Crippen LogP contribution >= 0.6 is 0 Å². The Kier molecular flexibility index (Phi) is 3.56. The second-order valence-corrected chi connectivity index (χ2v) is 4.09. The molecule has 96 valence electrons. The van der Waals surface area contributed by atoms with Crippen LogP contribution < -0.4 is 10.7 Å². The van der Waals surface area contributed by atoms with Crippen molar-refractivity contribution >= 4 is 17.9 Å². The highest BCUT2D eigenvalue weighted by molar-refractivity contribution is 6.04. The highest BCUT2D eigenvalue weighted by atomic mass is 16.2. The summed E-state index contributed by atoms with van der Waals surface area (Å²) in [6.07, 6.45) is 2.10. The number of H-pyrrole nitrogens is 1. The molecule has 19 heavy (non-hydrogen) atoms. The summed E-state index contributed by atoms with van der Waals surface area (Å²) in [4.78, 5) is 36.9. The molecule has 1 heterocycles. The molecule has 1 aromatic heterocycles. The second kappa shape index (κ2) is 5.30. The molecule has 0 aliphatic rings. The van der Waals surface area contributed by atoms with E-state index in [1.54, 1.807) is 31.2 Å². The van der Waals surface area contributed by atoms with Gasteiger partial charge in [-0.05, 0) is 31.2 Å². The van der Waals surface area contributed by atoms with Gasteiger partial charge in [-0.2, -0.15) is 0 Å². The van der Waals surface area contributed by atoms with E-state index in [2.05, 4.69) is 10.3 Å². The Morgan fingerprint density at radius 3 is 2.53 bits per heavy atom. The van der Waals surface area contributed by atoms with Crippen LogP contribution in [0.4, 0.5) is 5.69 Å². The standard InChI is InChI=1S/C14H12N2O3/c1-9-6-13(18)12(7-15-9)14(19)16-11-4-2-10(8-17)3-5-11/h2-8H,1H3,(H,15,18)(H,16,19). The third-order valence-corrected chi connectivity index (χ3v) is 2.61. The number of aldehydes is 1. The normalized spacial score (nSPS) is 9.95. The fourth-order valence-electron chi connectivity index (χ4n) is 1.59. The minimum atomic E-state index is -0.486. The predicted octanol–water partition coefficient (Wildman–Crippen LogP) is 1.75. The maximum absolute atomic E-state index is 11.9. The van der Waals surface area contributed by atoms with E-state index in [0.29, 0.717) is 16.9 Å². The number of aromatic amines is 1. The van der Waals surface area contributed by atoms with Crippen molar-refractivity contribution in [3.8, 4) is 0 Å². The number of anilines is 1. The van der Waals surface area contributed by atoms with Gasteiger partial charge in [0.1, 0.15) is 11.8 Å². The largest absolute Gasteiger partial charge is 0.364 e. The van der Waals surface area contributed by atoms with Crippen molar-refractivity contribution < 1.29 is 9.59 Å². The van der Waals surface area contributed by atoms with E-state index in [0.717, 1.165) is 6.29 Å². The summed E-state index contributed by atoms with van der Waals surface area (Å²) in [5.41, 5.74) is 1.45. The summed E-state index contributed by atoms with van der Waals surface area (Å²) < 4.78 is 0. The third-order valence-electron chi connectivity index (χ3n) is 2.61. The number of hydrogen-bond acceptors (Lipinski definition) is 3. The average molecular weight is 256 g/mol. The van der Waals surface area contributed by atoms with Crippen LogP contribution in [0.2, 0.25) is 0 Å². The number of amides is 1. The maximum atomic E-state index is 11.9. The van der Waals surface area contributed by atoms with Gasteiger partial charge in [0, 0.05) is 29.2 Å². The Morgan fingerprint density at radius 2 is 1.95 bits per heavy atom. The van der Waals surface area contributed by atoms with Gasteiger partial charge in [0.15, 0.2) is 5.43 Å². The van der Waals surface area contributed by atoms with Gasteiger partial charge in [0.05, 0.1) is 0 Å². The van der Waals surface area contributed by atoms with Gasteiger partial charge in [-0.15, -0.1) is 0 Å².